The molecule has 0 fully saturated rings. The molecule has 2 N–H and O–H groups in total. The third-order valence-electron chi connectivity index (χ3n) is 2.30. The van der Waals surface area contributed by atoms with Crippen LogP contribution >= 0.6 is 15.9 Å². The highest BCUT2D eigenvalue weighted by Crippen LogP contribution is 2.23. The molecule has 0 aliphatic carbocycles. The van der Waals surface area contributed by atoms with Crippen LogP contribution in [0.5, 0.6) is 0 Å². The maximum atomic E-state index is 10.7. The molecule has 0 aliphatic rings. The van der Waals surface area contributed by atoms with Crippen molar-refractivity contribution in [1.29, 1.82) is 0 Å². The van der Waals surface area contributed by atoms with E-state index in [-0.39, 0.29) is 17.5 Å². The molecule has 0 aliphatic heterocycles. The molecule has 1 heterocycles. The minimum Gasteiger partial charge on any atom is -0.367 e. The molecule has 2 rings (SSSR count). The van der Waals surface area contributed by atoms with Gasteiger partial charge in [-0.25, -0.2) is 4.98 Å². The van der Waals surface area contributed by atoms with Gasteiger partial charge in [-0.15, -0.1) is 0 Å². The van der Waals surface area contributed by atoms with Gasteiger partial charge in [0.15, 0.2) is 0 Å². The Morgan fingerprint density at radius 1 is 1.32 bits per heavy atom. The van der Waals surface area contributed by atoms with Crippen molar-refractivity contribution in [3.05, 3.63) is 45.0 Å². The van der Waals surface area contributed by atoms with Gasteiger partial charge in [-0.2, -0.15) is 4.98 Å². The summed E-state index contributed by atoms with van der Waals surface area (Å²) in [5.74, 6) is 0.455. The fraction of sp³-hybridized carbons (Fsp3) is 0.0909. The van der Waals surface area contributed by atoms with E-state index < -0.39 is 4.92 Å². The Hall–Kier alpha value is -2.22. The summed E-state index contributed by atoms with van der Waals surface area (Å²) >= 11 is 3.34. The predicted molar refractivity (Wildman–Crippen MR) is 75.7 cm³/mol. The van der Waals surface area contributed by atoms with Gasteiger partial charge in [-0.3, -0.25) is 10.1 Å². The van der Waals surface area contributed by atoms with E-state index in [1.807, 2.05) is 24.3 Å². The number of hydrogen-bond acceptors (Lipinski definition) is 6. The Labute approximate surface area is 117 Å². The Balaban J connectivity index is 2.26. The van der Waals surface area contributed by atoms with Gasteiger partial charge in [0, 0.05) is 17.2 Å². The summed E-state index contributed by atoms with van der Waals surface area (Å²) < 4.78 is 0.957. The fourth-order valence-corrected chi connectivity index (χ4v) is 1.68. The molecule has 0 amide bonds. The van der Waals surface area contributed by atoms with E-state index in [4.69, 9.17) is 0 Å². The zero-order valence-electron chi connectivity index (χ0n) is 9.92. The van der Waals surface area contributed by atoms with Crippen molar-refractivity contribution < 1.29 is 4.92 Å². The summed E-state index contributed by atoms with van der Waals surface area (Å²) in [6.45, 7) is 0. The Kier molecular flexibility index (Phi) is 3.91. The monoisotopic (exact) mass is 323 g/mol. The lowest BCUT2D eigenvalue weighted by molar-refractivity contribution is -0.384. The third kappa shape index (κ3) is 3.16. The standard InChI is InChI=1S/C11H10BrN5O2/c1-13-10-9(17(18)19)6-14-11(16-10)15-8-4-2-7(12)3-5-8/h2-6H,1H3,(H2,13,14,15,16). The summed E-state index contributed by atoms with van der Waals surface area (Å²) in [5.41, 5.74) is 0.628. The second kappa shape index (κ2) is 5.61. The van der Waals surface area contributed by atoms with Crippen LogP contribution in [-0.2, 0) is 0 Å². The number of anilines is 3. The lowest BCUT2D eigenvalue weighted by Crippen LogP contribution is -2.04. The van der Waals surface area contributed by atoms with E-state index in [2.05, 4.69) is 36.5 Å². The van der Waals surface area contributed by atoms with Crippen LogP contribution in [0.2, 0.25) is 0 Å². The number of aromatic nitrogens is 2. The first-order valence-corrected chi connectivity index (χ1v) is 6.11. The minimum absolute atomic E-state index is 0.163. The molecular weight excluding hydrogens is 314 g/mol. The topological polar surface area (TPSA) is 93.0 Å². The average Bonchev–Trinajstić information content (AvgIpc) is 2.41. The van der Waals surface area contributed by atoms with Crippen molar-refractivity contribution in [2.45, 2.75) is 0 Å². The lowest BCUT2D eigenvalue weighted by Gasteiger charge is -2.06. The van der Waals surface area contributed by atoms with Crippen molar-refractivity contribution in [2.75, 3.05) is 17.7 Å². The molecule has 0 bridgehead atoms. The highest BCUT2D eigenvalue weighted by Gasteiger charge is 2.15. The molecule has 0 spiro atoms. The summed E-state index contributed by atoms with van der Waals surface area (Å²) in [5, 5.41) is 16.4. The van der Waals surface area contributed by atoms with Gasteiger partial charge >= 0.3 is 5.69 Å². The average molecular weight is 324 g/mol. The minimum atomic E-state index is -0.532. The van der Waals surface area contributed by atoms with Crippen molar-refractivity contribution >= 4 is 39.1 Å². The molecule has 0 radical (unpaired) electrons. The van der Waals surface area contributed by atoms with Crippen LogP contribution < -0.4 is 10.6 Å². The van der Waals surface area contributed by atoms with Crippen LogP contribution in [0, 0.1) is 10.1 Å². The van der Waals surface area contributed by atoms with Crippen LogP contribution in [0.25, 0.3) is 0 Å². The molecule has 2 aromatic rings. The second-order valence-corrected chi connectivity index (χ2v) is 4.48. The molecular formula is C11H10BrN5O2. The number of nitro groups is 1. The first kappa shape index (κ1) is 13.2. The predicted octanol–water partition coefficient (Wildman–Crippen LogP) is 2.93. The van der Waals surface area contributed by atoms with Crippen LogP contribution in [0.15, 0.2) is 34.9 Å². The quantitative estimate of drug-likeness (QED) is 0.663. The van der Waals surface area contributed by atoms with Crippen molar-refractivity contribution in [3.8, 4) is 0 Å². The number of nitrogens with one attached hydrogen (secondary N) is 2. The number of rotatable bonds is 4. The Morgan fingerprint density at radius 3 is 2.58 bits per heavy atom. The highest BCUT2D eigenvalue weighted by molar-refractivity contribution is 9.10. The van der Waals surface area contributed by atoms with Gasteiger partial charge in [0.1, 0.15) is 6.20 Å². The molecule has 0 saturated heterocycles. The number of nitrogens with zero attached hydrogens (tertiary/aromatic N) is 3. The second-order valence-electron chi connectivity index (χ2n) is 3.57. The molecule has 1 aromatic heterocycles. The van der Waals surface area contributed by atoms with Crippen LogP contribution in [0.3, 0.4) is 0 Å². The summed E-state index contributed by atoms with van der Waals surface area (Å²) in [4.78, 5) is 18.2. The molecule has 1 aromatic carbocycles. The highest BCUT2D eigenvalue weighted by atomic mass is 79.9. The SMILES string of the molecule is CNc1nc(Nc2ccc(Br)cc2)ncc1[N+](=O)[O-]. The summed E-state index contributed by atoms with van der Waals surface area (Å²) in [6, 6.07) is 7.42. The maximum Gasteiger partial charge on any atom is 0.329 e. The van der Waals surface area contributed by atoms with E-state index >= 15 is 0 Å². The smallest absolute Gasteiger partial charge is 0.329 e. The van der Waals surface area contributed by atoms with Crippen LogP contribution in [0.4, 0.5) is 23.1 Å². The maximum absolute atomic E-state index is 10.7. The van der Waals surface area contributed by atoms with Crippen LogP contribution in [-0.4, -0.2) is 21.9 Å². The largest absolute Gasteiger partial charge is 0.367 e. The van der Waals surface area contributed by atoms with E-state index in [1.54, 1.807) is 7.05 Å². The fourth-order valence-electron chi connectivity index (χ4n) is 1.42. The number of hydrogen-bond donors (Lipinski definition) is 2. The van der Waals surface area contributed by atoms with Gasteiger partial charge in [0.05, 0.1) is 4.92 Å². The van der Waals surface area contributed by atoms with Crippen molar-refractivity contribution in [3.63, 3.8) is 0 Å². The van der Waals surface area contributed by atoms with Crippen molar-refractivity contribution in [1.82, 2.24) is 9.97 Å². The van der Waals surface area contributed by atoms with Gasteiger partial charge < -0.3 is 10.6 Å². The van der Waals surface area contributed by atoms with Gasteiger partial charge in [0.25, 0.3) is 0 Å². The number of benzene rings is 1. The molecule has 98 valence electrons. The summed E-state index contributed by atoms with van der Waals surface area (Å²) in [6.07, 6.45) is 1.17. The first-order chi connectivity index (χ1) is 9.10. The molecule has 7 nitrogen and oxygen atoms in total. The van der Waals surface area contributed by atoms with E-state index in [0.717, 1.165) is 10.2 Å². The third-order valence-corrected chi connectivity index (χ3v) is 2.83. The van der Waals surface area contributed by atoms with Crippen LogP contribution in [0.1, 0.15) is 0 Å². The van der Waals surface area contributed by atoms with Crippen molar-refractivity contribution in [2.24, 2.45) is 0 Å². The first-order valence-electron chi connectivity index (χ1n) is 5.32. The van der Waals surface area contributed by atoms with Gasteiger partial charge in [-0.05, 0) is 24.3 Å². The zero-order chi connectivity index (χ0) is 13.8. The van der Waals surface area contributed by atoms with Gasteiger partial charge in [-0.1, -0.05) is 15.9 Å². The Morgan fingerprint density at radius 2 is 2.00 bits per heavy atom. The molecule has 19 heavy (non-hydrogen) atoms. The van der Waals surface area contributed by atoms with E-state index in [1.165, 1.54) is 6.20 Å². The number of halogens is 1. The molecule has 0 atom stereocenters. The van der Waals surface area contributed by atoms with E-state index in [9.17, 15) is 10.1 Å². The molecule has 0 unspecified atom stereocenters. The molecule has 0 saturated carbocycles. The normalized spacial score (nSPS) is 10.0. The Bertz CT molecular complexity index is 603. The molecule has 8 heteroatoms. The lowest BCUT2D eigenvalue weighted by atomic mass is 10.3. The van der Waals surface area contributed by atoms with Gasteiger partial charge in [0.2, 0.25) is 11.8 Å². The summed E-state index contributed by atoms with van der Waals surface area (Å²) in [7, 11) is 1.57. The van der Waals surface area contributed by atoms with E-state index in [0.29, 0.717) is 0 Å². The zero-order valence-corrected chi connectivity index (χ0v) is 11.5.